The minimum Gasteiger partial charge on any atom is -0.374 e. The van der Waals surface area contributed by atoms with Crippen LogP contribution in [0.25, 0.3) is 0 Å². The topological polar surface area (TPSA) is 9.23 Å². The van der Waals surface area contributed by atoms with Crippen molar-refractivity contribution in [3.05, 3.63) is 19.1 Å². The number of hydrogen-bond acceptors (Lipinski definition) is 1. The third-order valence-corrected chi connectivity index (χ3v) is 1.39. The van der Waals surface area contributed by atoms with Crippen LogP contribution in [-0.2, 0) is 4.74 Å². The summed E-state index contributed by atoms with van der Waals surface area (Å²) in [7, 11) is 0. The highest BCUT2D eigenvalue weighted by atomic mass is 16.5. The lowest BCUT2D eigenvalue weighted by Crippen LogP contribution is -2.15. The quantitative estimate of drug-likeness (QED) is 0.546. The van der Waals surface area contributed by atoms with Gasteiger partial charge in [0.1, 0.15) is 0 Å². The summed E-state index contributed by atoms with van der Waals surface area (Å²) < 4.78 is 5.35. The Morgan fingerprint density at radius 1 is 1.50 bits per heavy atom. The van der Waals surface area contributed by atoms with Crippen molar-refractivity contribution in [2.24, 2.45) is 5.92 Å². The van der Waals surface area contributed by atoms with Crippen LogP contribution in [0.1, 0.15) is 20.8 Å². The van der Waals surface area contributed by atoms with Gasteiger partial charge in [-0.3, -0.25) is 0 Å². The molecule has 59 valence electrons. The van der Waals surface area contributed by atoms with Crippen LogP contribution in [0, 0.1) is 12.8 Å². The van der Waals surface area contributed by atoms with E-state index in [1.165, 1.54) is 0 Å². The summed E-state index contributed by atoms with van der Waals surface area (Å²) in [4.78, 5) is 0. The molecule has 0 bridgehead atoms. The van der Waals surface area contributed by atoms with E-state index in [-0.39, 0.29) is 6.10 Å². The van der Waals surface area contributed by atoms with Gasteiger partial charge in [-0.05, 0) is 19.8 Å². The van der Waals surface area contributed by atoms with Crippen LogP contribution in [0.2, 0.25) is 0 Å². The zero-order chi connectivity index (χ0) is 7.98. The molecule has 0 spiro atoms. The van der Waals surface area contributed by atoms with Crippen LogP contribution in [-0.4, -0.2) is 12.7 Å². The Balaban J connectivity index is 3.30. The first-order chi connectivity index (χ1) is 4.68. The standard InChI is InChI=1S/C9H17O/c1-5-6-7-10-9(4)8(2)3/h5-6,8-9H,4,7H2,1-3H3. The van der Waals surface area contributed by atoms with Gasteiger partial charge in [0, 0.05) is 0 Å². The Labute approximate surface area is 64.1 Å². The maximum atomic E-state index is 5.35. The van der Waals surface area contributed by atoms with Crippen LogP contribution in [0.4, 0.5) is 0 Å². The average Bonchev–Trinajstić information content (AvgIpc) is 1.88. The molecule has 0 aliphatic carbocycles. The summed E-state index contributed by atoms with van der Waals surface area (Å²) in [6.07, 6.45) is 4.09. The Morgan fingerprint density at radius 2 is 2.10 bits per heavy atom. The van der Waals surface area contributed by atoms with Gasteiger partial charge < -0.3 is 4.74 Å². The highest BCUT2D eigenvalue weighted by Gasteiger charge is 2.04. The largest absolute Gasteiger partial charge is 0.374 e. The average molecular weight is 141 g/mol. The SMILES string of the molecule is [CH2]C(OCC=CC)C(C)C. The monoisotopic (exact) mass is 141 g/mol. The zero-order valence-electron chi connectivity index (χ0n) is 7.13. The fourth-order valence-corrected chi connectivity index (χ4v) is 0.468. The van der Waals surface area contributed by atoms with Gasteiger partial charge >= 0.3 is 0 Å². The molecule has 0 aliphatic rings. The predicted octanol–water partition coefficient (Wildman–Crippen LogP) is 2.44. The predicted molar refractivity (Wildman–Crippen MR) is 44.7 cm³/mol. The van der Waals surface area contributed by atoms with Crippen molar-refractivity contribution in [2.75, 3.05) is 6.61 Å². The van der Waals surface area contributed by atoms with E-state index >= 15 is 0 Å². The zero-order valence-corrected chi connectivity index (χ0v) is 7.13. The summed E-state index contributed by atoms with van der Waals surface area (Å²) in [5, 5.41) is 0. The molecule has 1 atom stereocenters. The summed E-state index contributed by atoms with van der Waals surface area (Å²) in [6, 6.07) is 0. The van der Waals surface area contributed by atoms with Gasteiger partial charge in [-0.25, -0.2) is 0 Å². The van der Waals surface area contributed by atoms with E-state index in [0.717, 1.165) is 0 Å². The first kappa shape index (κ1) is 9.70. The molecule has 0 rings (SSSR count). The molecule has 10 heavy (non-hydrogen) atoms. The van der Waals surface area contributed by atoms with E-state index in [2.05, 4.69) is 20.8 Å². The van der Waals surface area contributed by atoms with Crippen molar-refractivity contribution < 1.29 is 4.74 Å². The molecular formula is C9H17O. The van der Waals surface area contributed by atoms with E-state index in [4.69, 9.17) is 4.74 Å². The first-order valence-electron chi connectivity index (χ1n) is 3.74. The van der Waals surface area contributed by atoms with Crippen LogP contribution in [0.15, 0.2) is 12.2 Å². The Kier molecular flexibility index (Phi) is 5.32. The van der Waals surface area contributed by atoms with Crippen molar-refractivity contribution in [1.82, 2.24) is 0 Å². The van der Waals surface area contributed by atoms with Gasteiger partial charge in [-0.2, -0.15) is 0 Å². The van der Waals surface area contributed by atoms with Gasteiger partial charge in [0.05, 0.1) is 12.7 Å². The Hall–Kier alpha value is -0.300. The van der Waals surface area contributed by atoms with Crippen LogP contribution < -0.4 is 0 Å². The third-order valence-electron chi connectivity index (χ3n) is 1.39. The maximum Gasteiger partial charge on any atom is 0.0651 e. The highest BCUT2D eigenvalue weighted by molar-refractivity contribution is 4.77. The van der Waals surface area contributed by atoms with Crippen LogP contribution in [0.5, 0.6) is 0 Å². The lowest BCUT2D eigenvalue weighted by molar-refractivity contribution is 0.0737. The van der Waals surface area contributed by atoms with Crippen molar-refractivity contribution in [2.45, 2.75) is 26.9 Å². The normalized spacial score (nSPS) is 14.9. The number of allylic oxidation sites excluding steroid dienone is 1. The van der Waals surface area contributed by atoms with Crippen LogP contribution >= 0.6 is 0 Å². The minimum atomic E-state index is 0.121. The lowest BCUT2D eigenvalue weighted by atomic mass is 10.1. The minimum absolute atomic E-state index is 0.121. The second-order valence-corrected chi connectivity index (χ2v) is 2.68. The molecule has 0 aliphatic heterocycles. The van der Waals surface area contributed by atoms with Crippen molar-refractivity contribution in [3.63, 3.8) is 0 Å². The van der Waals surface area contributed by atoms with Crippen molar-refractivity contribution in [3.8, 4) is 0 Å². The maximum absolute atomic E-state index is 5.35. The van der Waals surface area contributed by atoms with E-state index in [0.29, 0.717) is 12.5 Å². The van der Waals surface area contributed by atoms with E-state index < -0.39 is 0 Å². The van der Waals surface area contributed by atoms with Crippen molar-refractivity contribution >= 4 is 0 Å². The molecule has 0 fully saturated rings. The fourth-order valence-electron chi connectivity index (χ4n) is 0.468. The molecule has 1 unspecified atom stereocenters. The van der Waals surface area contributed by atoms with Gasteiger partial charge in [-0.1, -0.05) is 26.0 Å². The summed E-state index contributed by atoms with van der Waals surface area (Å²) in [6.45, 7) is 10.7. The van der Waals surface area contributed by atoms with Crippen molar-refractivity contribution in [1.29, 1.82) is 0 Å². The molecule has 0 aromatic carbocycles. The summed E-state index contributed by atoms with van der Waals surface area (Å²) in [5.41, 5.74) is 0. The van der Waals surface area contributed by atoms with Gasteiger partial charge in [0.25, 0.3) is 0 Å². The number of rotatable bonds is 4. The second kappa shape index (κ2) is 5.48. The molecular weight excluding hydrogens is 124 g/mol. The Morgan fingerprint density at radius 3 is 2.50 bits per heavy atom. The molecule has 1 radical (unpaired) electrons. The van der Waals surface area contributed by atoms with E-state index in [1.807, 2.05) is 19.1 Å². The lowest BCUT2D eigenvalue weighted by Gasteiger charge is -2.14. The third kappa shape index (κ3) is 4.57. The smallest absolute Gasteiger partial charge is 0.0651 e. The summed E-state index contributed by atoms with van der Waals surface area (Å²) >= 11 is 0. The molecule has 0 saturated heterocycles. The molecule has 1 heteroatoms. The fraction of sp³-hybridized carbons (Fsp3) is 0.667. The first-order valence-corrected chi connectivity index (χ1v) is 3.74. The molecule has 0 heterocycles. The van der Waals surface area contributed by atoms with E-state index in [1.54, 1.807) is 0 Å². The molecule has 0 aromatic heterocycles. The van der Waals surface area contributed by atoms with E-state index in [9.17, 15) is 0 Å². The molecule has 0 aromatic rings. The highest BCUT2D eigenvalue weighted by Crippen LogP contribution is 2.03. The van der Waals surface area contributed by atoms with Gasteiger partial charge in [0.15, 0.2) is 0 Å². The molecule has 0 N–H and O–H groups in total. The molecule has 0 amide bonds. The summed E-state index contributed by atoms with van der Waals surface area (Å²) in [5.74, 6) is 0.505. The molecule has 1 nitrogen and oxygen atoms in total. The van der Waals surface area contributed by atoms with Crippen LogP contribution in [0.3, 0.4) is 0 Å². The van der Waals surface area contributed by atoms with Gasteiger partial charge in [-0.15, -0.1) is 0 Å². The molecule has 0 saturated carbocycles. The van der Waals surface area contributed by atoms with Gasteiger partial charge in [0.2, 0.25) is 0 Å². The number of ether oxygens (including phenoxy) is 1. The Bertz CT molecular complexity index is 94.9. The second-order valence-electron chi connectivity index (χ2n) is 2.68. The number of hydrogen-bond donors (Lipinski definition) is 0.